The Balaban J connectivity index is 1.68. The fraction of sp³-hybridized carbons (Fsp3) is 0.556. The van der Waals surface area contributed by atoms with Gasteiger partial charge in [-0.1, -0.05) is 17.7 Å². The number of thioether (sulfide) groups is 1. The minimum absolute atomic E-state index is 0.0797. The summed E-state index contributed by atoms with van der Waals surface area (Å²) in [6, 6.07) is 7.67. The lowest BCUT2D eigenvalue weighted by Gasteiger charge is -2.23. The molecule has 6 heteroatoms. The van der Waals surface area contributed by atoms with Crippen LogP contribution in [0.2, 0.25) is 0 Å². The summed E-state index contributed by atoms with van der Waals surface area (Å²) in [4.78, 5) is 26.1. The van der Waals surface area contributed by atoms with Crippen LogP contribution in [0.15, 0.2) is 24.3 Å². The molecule has 132 valence electrons. The lowest BCUT2D eigenvalue weighted by molar-refractivity contribution is -0.128. The Labute approximate surface area is 148 Å². The molecular formula is C18H26N2O3S. The molecule has 1 fully saturated rings. The number of ether oxygens (including phenoxy) is 1. The lowest BCUT2D eigenvalue weighted by Crippen LogP contribution is -2.36. The first-order valence-corrected chi connectivity index (χ1v) is 9.53. The molecule has 2 rings (SSSR count). The van der Waals surface area contributed by atoms with E-state index >= 15 is 0 Å². The van der Waals surface area contributed by atoms with Crippen LogP contribution in [0, 0.1) is 12.8 Å². The van der Waals surface area contributed by atoms with Gasteiger partial charge in [-0.2, -0.15) is 0 Å². The van der Waals surface area contributed by atoms with Crippen molar-refractivity contribution in [1.29, 1.82) is 0 Å². The van der Waals surface area contributed by atoms with E-state index in [1.165, 1.54) is 11.8 Å². The zero-order valence-corrected chi connectivity index (χ0v) is 15.2. The normalized spacial score (nSPS) is 16.8. The van der Waals surface area contributed by atoms with Gasteiger partial charge in [-0.05, 0) is 32.4 Å². The molecule has 0 saturated carbocycles. The smallest absolute Gasteiger partial charge is 0.234 e. The summed E-state index contributed by atoms with van der Waals surface area (Å²) in [6.45, 7) is 6.99. The fourth-order valence-corrected chi connectivity index (χ4v) is 3.32. The third-order valence-electron chi connectivity index (χ3n) is 4.03. The highest BCUT2D eigenvalue weighted by atomic mass is 32.2. The van der Waals surface area contributed by atoms with Gasteiger partial charge in [-0.3, -0.25) is 9.59 Å². The average Bonchev–Trinajstić information content (AvgIpc) is 3.07. The molecule has 1 heterocycles. The van der Waals surface area contributed by atoms with Crippen LogP contribution in [0.1, 0.15) is 18.9 Å². The van der Waals surface area contributed by atoms with Gasteiger partial charge in [-0.15, -0.1) is 11.8 Å². The molecule has 0 bridgehead atoms. The minimum Gasteiger partial charge on any atom is -0.381 e. The predicted octanol–water partition coefficient (Wildman–Crippen LogP) is 2.55. The SMILES string of the molecule is CCN(CC1CCOC1)C(=O)CSCC(=O)Nc1ccc(C)cc1. The number of rotatable bonds is 8. The number of anilines is 1. The van der Waals surface area contributed by atoms with Gasteiger partial charge in [0, 0.05) is 31.3 Å². The van der Waals surface area contributed by atoms with Crippen molar-refractivity contribution in [1.82, 2.24) is 4.90 Å². The van der Waals surface area contributed by atoms with Crippen molar-refractivity contribution >= 4 is 29.3 Å². The number of amides is 2. The second-order valence-electron chi connectivity index (χ2n) is 6.07. The number of hydrogen-bond donors (Lipinski definition) is 1. The van der Waals surface area contributed by atoms with Crippen LogP contribution in [0.4, 0.5) is 5.69 Å². The van der Waals surface area contributed by atoms with E-state index in [1.54, 1.807) is 0 Å². The van der Waals surface area contributed by atoms with Crippen LogP contribution in [-0.4, -0.2) is 54.5 Å². The maximum atomic E-state index is 12.3. The van der Waals surface area contributed by atoms with Crippen molar-refractivity contribution in [2.24, 2.45) is 5.92 Å². The van der Waals surface area contributed by atoms with Crippen molar-refractivity contribution < 1.29 is 14.3 Å². The molecular weight excluding hydrogens is 324 g/mol. The Morgan fingerprint density at radius 1 is 1.29 bits per heavy atom. The maximum absolute atomic E-state index is 12.3. The van der Waals surface area contributed by atoms with Gasteiger partial charge in [-0.25, -0.2) is 0 Å². The molecule has 2 amide bonds. The van der Waals surface area contributed by atoms with Gasteiger partial charge in [0.15, 0.2) is 0 Å². The van der Waals surface area contributed by atoms with Gasteiger partial charge in [0.1, 0.15) is 0 Å². The Morgan fingerprint density at radius 2 is 2.04 bits per heavy atom. The Bertz CT molecular complexity index is 542. The number of carbonyl (C=O) groups is 2. The molecule has 0 aromatic heterocycles. The molecule has 5 nitrogen and oxygen atoms in total. The summed E-state index contributed by atoms with van der Waals surface area (Å²) in [6.07, 6.45) is 1.02. The summed E-state index contributed by atoms with van der Waals surface area (Å²) in [7, 11) is 0. The second-order valence-corrected chi connectivity index (χ2v) is 7.05. The van der Waals surface area contributed by atoms with E-state index < -0.39 is 0 Å². The summed E-state index contributed by atoms with van der Waals surface area (Å²) in [5.74, 6) is 1.08. The van der Waals surface area contributed by atoms with Crippen LogP contribution in [-0.2, 0) is 14.3 Å². The summed E-state index contributed by atoms with van der Waals surface area (Å²) in [5.41, 5.74) is 1.94. The lowest BCUT2D eigenvalue weighted by atomic mass is 10.1. The number of nitrogens with zero attached hydrogens (tertiary/aromatic N) is 1. The average molecular weight is 350 g/mol. The van der Waals surface area contributed by atoms with Crippen LogP contribution in [0.5, 0.6) is 0 Å². The quantitative estimate of drug-likeness (QED) is 0.783. The zero-order chi connectivity index (χ0) is 17.4. The monoisotopic (exact) mass is 350 g/mol. The molecule has 0 aliphatic carbocycles. The Kier molecular flexibility index (Phi) is 7.59. The first kappa shape index (κ1) is 18.8. The number of carbonyl (C=O) groups excluding carboxylic acids is 2. The van der Waals surface area contributed by atoms with Crippen LogP contribution in [0.3, 0.4) is 0 Å². The number of nitrogens with one attached hydrogen (secondary N) is 1. The van der Waals surface area contributed by atoms with Gasteiger partial charge in [0.2, 0.25) is 11.8 Å². The van der Waals surface area contributed by atoms with Gasteiger partial charge < -0.3 is 15.0 Å². The van der Waals surface area contributed by atoms with E-state index in [2.05, 4.69) is 5.32 Å². The number of aryl methyl sites for hydroxylation is 1. The Morgan fingerprint density at radius 3 is 2.67 bits per heavy atom. The van der Waals surface area contributed by atoms with Crippen molar-refractivity contribution in [3.63, 3.8) is 0 Å². The van der Waals surface area contributed by atoms with Crippen molar-refractivity contribution in [3.8, 4) is 0 Å². The van der Waals surface area contributed by atoms with Gasteiger partial charge >= 0.3 is 0 Å². The Hall–Kier alpha value is -1.53. The van der Waals surface area contributed by atoms with Crippen molar-refractivity contribution in [3.05, 3.63) is 29.8 Å². The second kappa shape index (κ2) is 9.69. The topological polar surface area (TPSA) is 58.6 Å². The molecule has 24 heavy (non-hydrogen) atoms. The van der Waals surface area contributed by atoms with Crippen molar-refractivity contribution in [2.75, 3.05) is 43.1 Å². The standard InChI is InChI=1S/C18H26N2O3S/c1-3-20(10-15-8-9-23-11-15)18(22)13-24-12-17(21)19-16-6-4-14(2)5-7-16/h4-7,15H,3,8-13H2,1-2H3,(H,19,21). The summed E-state index contributed by atoms with van der Waals surface area (Å²) >= 11 is 1.36. The molecule has 0 radical (unpaired) electrons. The molecule has 1 aromatic carbocycles. The molecule has 0 spiro atoms. The molecule has 1 aliphatic heterocycles. The van der Waals surface area contributed by atoms with Crippen molar-refractivity contribution in [2.45, 2.75) is 20.3 Å². The third kappa shape index (κ3) is 6.17. The predicted molar refractivity (Wildman–Crippen MR) is 98.3 cm³/mol. The highest BCUT2D eigenvalue weighted by Gasteiger charge is 2.21. The minimum atomic E-state index is -0.0797. The molecule has 1 unspecified atom stereocenters. The first-order valence-electron chi connectivity index (χ1n) is 8.38. The highest BCUT2D eigenvalue weighted by molar-refractivity contribution is 8.00. The van der Waals surface area contributed by atoms with Gasteiger partial charge in [0.25, 0.3) is 0 Å². The van der Waals surface area contributed by atoms with E-state index in [4.69, 9.17) is 4.74 Å². The van der Waals surface area contributed by atoms with Crippen LogP contribution >= 0.6 is 11.8 Å². The largest absolute Gasteiger partial charge is 0.381 e. The van der Waals surface area contributed by atoms with Crippen LogP contribution in [0.25, 0.3) is 0 Å². The molecule has 1 atom stereocenters. The van der Waals surface area contributed by atoms with E-state index in [0.29, 0.717) is 18.2 Å². The van der Waals surface area contributed by atoms with Crippen LogP contribution < -0.4 is 5.32 Å². The van der Waals surface area contributed by atoms with E-state index in [0.717, 1.165) is 37.4 Å². The van der Waals surface area contributed by atoms with Gasteiger partial charge in [0.05, 0.1) is 18.1 Å². The summed E-state index contributed by atoms with van der Waals surface area (Å²) in [5, 5.41) is 2.84. The molecule has 1 aromatic rings. The number of hydrogen-bond acceptors (Lipinski definition) is 4. The third-order valence-corrected chi connectivity index (χ3v) is 4.95. The van der Waals surface area contributed by atoms with E-state index in [1.807, 2.05) is 43.0 Å². The fourth-order valence-electron chi connectivity index (χ4n) is 2.60. The molecule has 1 aliphatic rings. The summed E-state index contributed by atoms with van der Waals surface area (Å²) < 4.78 is 5.36. The zero-order valence-electron chi connectivity index (χ0n) is 14.4. The maximum Gasteiger partial charge on any atom is 0.234 e. The number of benzene rings is 1. The van der Waals surface area contributed by atoms with E-state index in [9.17, 15) is 9.59 Å². The molecule has 1 N–H and O–H groups in total. The first-order chi connectivity index (χ1) is 11.6. The highest BCUT2D eigenvalue weighted by Crippen LogP contribution is 2.15. The van der Waals surface area contributed by atoms with E-state index in [-0.39, 0.29) is 17.6 Å². The molecule has 1 saturated heterocycles.